The van der Waals surface area contributed by atoms with Crippen molar-refractivity contribution in [1.29, 1.82) is 0 Å². The SMILES string of the molecule is CCC1CN(c2sc(C(=O)NC)c(N)c2OC)CCO1. The first-order valence-corrected chi connectivity index (χ1v) is 7.48. The molecule has 0 bridgehead atoms. The number of hydrogen-bond donors (Lipinski definition) is 2. The van der Waals surface area contributed by atoms with Crippen molar-refractivity contribution >= 4 is 27.9 Å². The quantitative estimate of drug-likeness (QED) is 0.876. The van der Waals surface area contributed by atoms with Crippen LogP contribution >= 0.6 is 11.3 Å². The van der Waals surface area contributed by atoms with Gasteiger partial charge >= 0.3 is 0 Å². The Morgan fingerprint density at radius 1 is 1.65 bits per heavy atom. The molecule has 1 atom stereocenters. The maximum absolute atomic E-state index is 11.8. The molecule has 1 saturated heterocycles. The Bertz CT molecular complexity index is 489. The Morgan fingerprint density at radius 3 is 3.00 bits per heavy atom. The highest BCUT2D eigenvalue weighted by Crippen LogP contribution is 2.45. The molecule has 1 amide bonds. The number of carbonyl (C=O) groups excluding carboxylic acids is 1. The van der Waals surface area contributed by atoms with Gasteiger partial charge in [0.1, 0.15) is 15.6 Å². The van der Waals surface area contributed by atoms with Crippen molar-refractivity contribution in [2.45, 2.75) is 19.4 Å². The molecule has 1 aliphatic rings. The highest BCUT2D eigenvalue weighted by Gasteiger charge is 2.28. The maximum Gasteiger partial charge on any atom is 0.263 e. The van der Waals surface area contributed by atoms with E-state index >= 15 is 0 Å². The van der Waals surface area contributed by atoms with Gasteiger partial charge in [-0.25, -0.2) is 0 Å². The van der Waals surface area contributed by atoms with Gasteiger partial charge in [-0.3, -0.25) is 4.79 Å². The van der Waals surface area contributed by atoms with Gasteiger partial charge in [0.05, 0.1) is 19.8 Å². The Kier molecular flexibility index (Phi) is 4.72. The lowest BCUT2D eigenvalue weighted by Gasteiger charge is -2.33. The van der Waals surface area contributed by atoms with Crippen LogP contribution in [-0.2, 0) is 4.74 Å². The van der Waals surface area contributed by atoms with Crippen molar-refractivity contribution in [3.63, 3.8) is 0 Å². The summed E-state index contributed by atoms with van der Waals surface area (Å²) in [7, 11) is 3.17. The summed E-state index contributed by atoms with van der Waals surface area (Å²) in [6.07, 6.45) is 1.17. The van der Waals surface area contributed by atoms with Crippen LogP contribution in [-0.4, -0.2) is 45.9 Å². The van der Waals surface area contributed by atoms with Crippen LogP contribution in [0.3, 0.4) is 0 Å². The Morgan fingerprint density at radius 2 is 2.40 bits per heavy atom. The molecule has 1 aromatic heterocycles. The van der Waals surface area contributed by atoms with Gasteiger partial charge in [0.2, 0.25) is 0 Å². The van der Waals surface area contributed by atoms with E-state index in [4.69, 9.17) is 15.2 Å². The van der Waals surface area contributed by atoms with E-state index in [1.165, 1.54) is 11.3 Å². The molecule has 3 N–H and O–H groups in total. The minimum Gasteiger partial charge on any atom is -0.492 e. The first kappa shape index (κ1) is 14.9. The number of thiophene rings is 1. The van der Waals surface area contributed by atoms with Gasteiger partial charge in [-0.15, -0.1) is 11.3 Å². The molecule has 7 heteroatoms. The second kappa shape index (κ2) is 6.32. The van der Waals surface area contributed by atoms with E-state index in [-0.39, 0.29) is 12.0 Å². The Labute approximate surface area is 122 Å². The summed E-state index contributed by atoms with van der Waals surface area (Å²) < 4.78 is 11.1. The van der Waals surface area contributed by atoms with Gasteiger partial charge in [0.15, 0.2) is 5.75 Å². The fourth-order valence-electron chi connectivity index (χ4n) is 2.25. The summed E-state index contributed by atoms with van der Waals surface area (Å²) in [6.45, 7) is 4.35. The van der Waals surface area contributed by atoms with E-state index in [2.05, 4.69) is 17.1 Å². The van der Waals surface area contributed by atoms with Gasteiger partial charge in [-0.05, 0) is 6.42 Å². The predicted molar refractivity (Wildman–Crippen MR) is 80.9 cm³/mol. The maximum atomic E-state index is 11.8. The van der Waals surface area contributed by atoms with Gasteiger partial charge in [-0.1, -0.05) is 6.92 Å². The van der Waals surface area contributed by atoms with Crippen LogP contribution in [0.5, 0.6) is 5.75 Å². The molecule has 112 valence electrons. The number of nitrogens with zero attached hydrogens (tertiary/aromatic N) is 1. The van der Waals surface area contributed by atoms with Crippen LogP contribution in [0.4, 0.5) is 10.7 Å². The van der Waals surface area contributed by atoms with Gasteiger partial charge in [-0.2, -0.15) is 0 Å². The molecule has 0 spiro atoms. The number of anilines is 2. The first-order valence-electron chi connectivity index (χ1n) is 6.67. The largest absolute Gasteiger partial charge is 0.492 e. The molecule has 20 heavy (non-hydrogen) atoms. The van der Waals surface area contributed by atoms with E-state index < -0.39 is 0 Å². The molecule has 2 rings (SSSR count). The summed E-state index contributed by atoms with van der Waals surface area (Å²) >= 11 is 1.37. The van der Waals surface area contributed by atoms with Gasteiger partial charge in [0, 0.05) is 20.1 Å². The van der Waals surface area contributed by atoms with E-state index in [1.807, 2.05) is 0 Å². The number of ether oxygens (including phenoxy) is 2. The summed E-state index contributed by atoms with van der Waals surface area (Å²) in [5.74, 6) is 0.405. The average molecular weight is 299 g/mol. The molecule has 0 saturated carbocycles. The van der Waals surface area contributed by atoms with Crippen LogP contribution in [0.1, 0.15) is 23.0 Å². The molecule has 0 aromatic carbocycles. The first-order chi connectivity index (χ1) is 9.62. The molecule has 1 aromatic rings. The number of amides is 1. The zero-order valence-corrected chi connectivity index (χ0v) is 12.9. The summed E-state index contributed by atoms with van der Waals surface area (Å²) in [6, 6.07) is 0. The minimum absolute atomic E-state index is 0.183. The summed E-state index contributed by atoms with van der Waals surface area (Å²) in [4.78, 5) is 14.5. The van der Waals surface area contributed by atoms with Crippen molar-refractivity contribution in [3.8, 4) is 5.75 Å². The molecule has 0 radical (unpaired) electrons. The fourth-order valence-corrected chi connectivity index (χ4v) is 3.43. The van der Waals surface area contributed by atoms with Crippen LogP contribution in [0.25, 0.3) is 0 Å². The van der Waals surface area contributed by atoms with Gasteiger partial charge < -0.3 is 25.4 Å². The molecule has 1 fully saturated rings. The third-order valence-corrected chi connectivity index (χ3v) is 4.65. The monoisotopic (exact) mass is 299 g/mol. The summed E-state index contributed by atoms with van der Waals surface area (Å²) in [5, 5.41) is 3.51. The molecular weight excluding hydrogens is 278 g/mol. The van der Waals surface area contributed by atoms with E-state index in [0.29, 0.717) is 22.9 Å². The third-order valence-electron chi connectivity index (χ3n) is 3.40. The normalized spacial score (nSPS) is 18.9. The van der Waals surface area contributed by atoms with E-state index in [1.54, 1.807) is 14.2 Å². The van der Waals surface area contributed by atoms with Crippen LogP contribution < -0.4 is 20.7 Å². The van der Waals surface area contributed by atoms with Crippen molar-refractivity contribution < 1.29 is 14.3 Å². The highest BCUT2D eigenvalue weighted by atomic mass is 32.1. The third kappa shape index (κ3) is 2.69. The Balaban J connectivity index is 2.33. The average Bonchev–Trinajstić information content (AvgIpc) is 2.83. The highest BCUT2D eigenvalue weighted by molar-refractivity contribution is 7.19. The van der Waals surface area contributed by atoms with Crippen molar-refractivity contribution in [2.24, 2.45) is 0 Å². The second-order valence-corrected chi connectivity index (χ2v) is 5.61. The number of hydrogen-bond acceptors (Lipinski definition) is 6. The fraction of sp³-hybridized carbons (Fsp3) is 0.615. The van der Waals surface area contributed by atoms with Crippen LogP contribution in [0.15, 0.2) is 0 Å². The predicted octanol–water partition coefficient (Wildman–Crippen LogP) is 1.31. The minimum atomic E-state index is -0.183. The lowest BCUT2D eigenvalue weighted by atomic mass is 10.2. The molecular formula is C13H21N3O3S. The smallest absolute Gasteiger partial charge is 0.263 e. The number of nitrogens with one attached hydrogen (secondary N) is 1. The number of rotatable bonds is 4. The number of carbonyl (C=O) groups is 1. The van der Waals surface area contributed by atoms with Crippen molar-refractivity contribution in [2.75, 3.05) is 44.5 Å². The van der Waals surface area contributed by atoms with Crippen LogP contribution in [0.2, 0.25) is 0 Å². The Hall–Kier alpha value is -1.47. The topological polar surface area (TPSA) is 76.8 Å². The summed E-state index contributed by atoms with van der Waals surface area (Å²) in [5.41, 5.74) is 6.44. The van der Waals surface area contributed by atoms with Crippen molar-refractivity contribution in [3.05, 3.63) is 4.88 Å². The molecule has 6 nitrogen and oxygen atoms in total. The number of nitrogens with two attached hydrogens (primary N) is 1. The van der Waals surface area contributed by atoms with Gasteiger partial charge in [0.25, 0.3) is 5.91 Å². The van der Waals surface area contributed by atoms with E-state index in [9.17, 15) is 4.79 Å². The zero-order valence-electron chi connectivity index (χ0n) is 12.1. The second-order valence-electron chi connectivity index (χ2n) is 4.61. The van der Waals surface area contributed by atoms with E-state index in [0.717, 1.165) is 24.5 Å². The number of morpholine rings is 1. The molecule has 1 aliphatic heterocycles. The number of nitrogen functional groups attached to an aromatic ring is 1. The van der Waals surface area contributed by atoms with Crippen LogP contribution in [0, 0.1) is 0 Å². The number of methoxy groups -OCH3 is 1. The molecule has 1 unspecified atom stereocenters. The lowest BCUT2D eigenvalue weighted by Crippen LogP contribution is -2.42. The molecule has 2 heterocycles. The zero-order chi connectivity index (χ0) is 14.7. The lowest BCUT2D eigenvalue weighted by molar-refractivity contribution is 0.0385. The standard InChI is InChI=1S/C13H21N3O3S/c1-4-8-7-16(5-6-19-8)13-10(18-3)9(14)11(20-13)12(17)15-2/h8H,4-7,14H2,1-3H3,(H,15,17). The molecule has 0 aliphatic carbocycles. The van der Waals surface area contributed by atoms with Crippen molar-refractivity contribution in [1.82, 2.24) is 5.32 Å².